The van der Waals surface area contributed by atoms with Crippen LogP contribution in [0.25, 0.3) is 24.3 Å². The quantitative estimate of drug-likeness (QED) is 0.0502. The Morgan fingerprint density at radius 3 is 0.946 bits per heavy atom. The number of rotatable bonds is 22. The monoisotopic (exact) mass is 1010 g/mol. The van der Waals surface area contributed by atoms with Crippen LogP contribution in [0.2, 0.25) is 0 Å². The first-order chi connectivity index (χ1) is 35.1. The van der Waals surface area contributed by atoms with Gasteiger partial charge in [-0.05, 0) is 103 Å². The van der Waals surface area contributed by atoms with E-state index < -0.39 is 10.8 Å². The Morgan fingerprint density at radius 1 is 0.378 bits per heavy atom. The van der Waals surface area contributed by atoms with E-state index in [2.05, 4.69) is 243 Å². The number of unbranched alkanes of at least 4 members (excludes halogenated alkanes) is 6. The van der Waals surface area contributed by atoms with E-state index in [0.29, 0.717) is 0 Å². The summed E-state index contributed by atoms with van der Waals surface area (Å²) < 4.78 is 29.0. The van der Waals surface area contributed by atoms with Crippen LogP contribution in [0, 0.1) is 0 Å². The molecule has 0 spiro atoms. The van der Waals surface area contributed by atoms with E-state index in [1.807, 2.05) is 12.1 Å². The van der Waals surface area contributed by atoms with Gasteiger partial charge < -0.3 is 9.47 Å². The van der Waals surface area contributed by atoms with Gasteiger partial charge in [0.2, 0.25) is 0 Å². The first-order valence-corrected chi connectivity index (χ1v) is 29.1. The maximum absolute atomic E-state index is 15.6. The Kier molecular flexibility index (Phi) is 20.2. The highest BCUT2D eigenvalue weighted by Crippen LogP contribution is 2.44. The average molecular weight is 1010 g/mol. The summed E-state index contributed by atoms with van der Waals surface area (Å²) in [6.07, 6.45) is 18.3. The van der Waals surface area contributed by atoms with Crippen molar-refractivity contribution in [2.75, 3.05) is 13.2 Å². The largest absolute Gasteiger partial charge is 0.493 e. The van der Waals surface area contributed by atoms with Crippen LogP contribution in [-0.2, 0) is 32.5 Å². The molecule has 6 aromatic carbocycles. The van der Waals surface area contributed by atoms with E-state index in [9.17, 15) is 0 Å². The highest BCUT2D eigenvalue weighted by molar-refractivity contribution is 7.86. The molecule has 0 N–H and O–H groups in total. The van der Waals surface area contributed by atoms with Crippen molar-refractivity contribution in [1.29, 1.82) is 0 Å². The van der Waals surface area contributed by atoms with Crippen LogP contribution in [0.4, 0.5) is 0 Å². The van der Waals surface area contributed by atoms with Crippen molar-refractivity contribution in [3.05, 3.63) is 200 Å². The summed E-state index contributed by atoms with van der Waals surface area (Å²) in [5.74, 6) is 2.09. The van der Waals surface area contributed by atoms with E-state index >= 15 is 4.21 Å². The van der Waals surface area contributed by atoms with Gasteiger partial charge in [0, 0.05) is 33.1 Å². The third-order valence-electron chi connectivity index (χ3n) is 14.0. The standard InChI is InChI=1S/C70H90O3S/c1-15-17-19-27-45-72-63-59(67(3,4)5)47-53(48-60(63)68(6,7)8)35-33-51-37-41-57(42-38-51)65(55-29-23-21-24-30-55)74(71)66(56-31-25-22-26-32-56)58-43-39-52(40-44-58)34-36-54-49-61(69(9,10)11)64(62(50-54)70(12,13)14)73-46-28-20-18-16-2/h21-26,29-44,47-50,65-66H,15-20,27-28,45-46H2,1-14H3. The van der Waals surface area contributed by atoms with Crippen LogP contribution in [0.15, 0.2) is 133 Å². The summed E-state index contributed by atoms with van der Waals surface area (Å²) in [6, 6.07) is 47.4. The number of hydrogen-bond acceptors (Lipinski definition) is 3. The average Bonchev–Trinajstić information content (AvgIpc) is 3.35. The van der Waals surface area contributed by atoms with Crippen LogP contribution in [0.1, 0.15) is 226 Å². The molecule has 4 heteroatoms. The lowest BCUT2D eigenvalue weighted by atomic mass is 9.78. The summed E-state index contributed by atoms with van der Waals surface area (Å²) in [7, 11) is -1.40. The fraction of sp³-hybridized carbons (Fsp3) is 0.429. The third-order valence-corrected chi connectivity index (χ3v) is 16.0. The lowest BCUT2D eigenvalue weighted by Crippen LogP contribution is -2.20. The Hall–Kier alpha value is -5.45. The van der Waals surface area contributed by atoms with Gasteiger partial charge in [-0.1, -0.05) is 269 Å². The maximum Gasteiger partial charge on any atom is 0.126 e. The van der Waals surface area contributed by atoms with Gasteiger partial charge in [-0.25, -0.2) is 0 Å². The van der Waals surface area contributed by atoms with Gasteiger partial charge in [0.25, 0.3) is 0 Å². The van der Waals surface area contributed by atoms with Crippen LogP contribution in [0.3, 0.4) is 0 Å². The van der Waals surface area contributed by atoms with E-state index in [0.717, 1.165) is 82.1 Å². The molecule has 0 aliphatic carbocycles. The van der Waals surface area contributed by atoms with Crippen LogP contribution >= 0.6 is 0 Å². The molecule has 3 nitrogen and oxygen atoms in total. The Bertz CT molecular complexity index is 2510. The van der Waals surface area contributed by atoms with Crippen molar-refractivity contribution in [2.24, 2.45) is 0 Å². The summed E-state index contributed by atoms with van der Waals surface area (Å²) in [6.45, 7) is 33.4. The smallest absolute Gasteiger partial charge is 0.126 e. The number of hydrogen-bond donors (Lipinski definition) is 0. The SMILES string of the molecule is CCCCCCOc1c(C(C)(C)C)cc(C=Cc2ccc(C(c3ccccc3)S(=O)C(c3ccccc3)c3ccc(C=Cc4cc(C(C)(C)C)c(OCCCCCC)c(C(C)(C)C)c4)cc3)cc2)cc1C(C)(C)C. The van der Waals surface area contributed by atoms with Gasteiger partial charge in [-0.15, -0.1) is 0 Å². The zero-order valence-electron chi connectivity index (χ0n) is 47.9. The Morgan fingerprint density at radius 2 is 0.662 bits per heavy atom. The van der Waals surface area contributed by atoms with E-state index in [1.165, 1.54) is 60.8 Å². The lowest BCUT2D eigenvalue weighted by molar-refractivity contribution is 0.289. The molecule has 394 valence electrons. The second kappa shape index (κ2) is 25.9. The predicted octanol–water partition coefficient (Wildman–Crippen LogP) is 19.8. The fourth-order valence-electron chi connectivity index (χ4n) is 9.70. The van der Waals surface area contributed by atoms with Crippen molar-refractivity contribution in [2.45, 2.75) is 180 Å². The molecule has 2 atom stereocenters. The van der Waals surface area contributed by atoms with Crippen molar-refractivity contribution in [3.8, 4) is 11.5 Å². The predicted molar refractivity (Wildman–Crippen MR) is 322 cm³/mol. The Balaban J connectivity index is 1.31. The van der Waals surface area contributed by atoms with Crippen molar-refractivity contribution >= 4 is 35.1 Å². The highest BCUT2D eigenvalue weighted by Gasteiger charge is 2.32. The topological polar surface area (TPSA) is 35.5 Å². The molecular formula is C70H90O3S. The van der Waals surface area contributed by atoms with Crippen LogP contribution in [-0.4, -0.2) is 17.4 Å². The van der Waals surface area contributed by atoms with Crippen molar-refractivity contribution < 1.29 is 13.7 Å². The minimum Gasteiger partial charge on any atom is -0.493 e. The van der Waals surface area contributed by atoms with Crippen LogP contribution < -0.4 is 9.47 Å². The molecule has 2 unspecified atom stereocenters. The van der Waals surface area contributed by atoms with Crippen molar-refractivity contribution in [3.63, 3.8) is 0 Å². The molecule has 0 heterocycles. The van der Waals surface area contributed by atoms with Gasteiger partial charge in [0.05, 0.1) is 23.7 Å². The molecule has 0 aliphatic rings. The molecule has 0 saturated heterocycles. The Labute approximate surface area is 451 Å². The fourth-order valence-corrected chi connectivity index (χ4v) is 11.7. The minimum absolute atomic E-state index is 0.0902. The van der Waals surface area contributed by atoms with Gasteiger partial charge in [0.15, 0.2) is 0 Å². The third kappa shape index (κ3) is 15.8. The summed E-state index contributed by atoms with van der Waals surface area (Å²) in [5, 5.41) is -0.732. The zero-order valence-corrected chi connectivity index (χ0v) is 48.7. The second-order valence-corrected chi connectivity index (χ2v) is 26.2. The lowest BCUT2D eigenvalue weighted by Gasteiger charge is -2.30. The molecule has 0 saturated carbocycles. The summed E-state index contributed by atoms with van der Waals surface area (Å²) in [5.41, 5.74) is 13.2. The first-order valence-electron chi connectivity index (χ1n) is 27.8. The minimum atomic E-state index is -1.40. The van der Waals surface area contributed by atoms with Gasteiger partial charge in [-0.2, -0.15) is 0 Å². The molecule has 6 rings (SSSR count). The molecule has 0 aliphatic heterocycles. The number of ether oxygens (including phenoxy) is 2. The van der Waals surface area contributed by atoms with E-state index in [4.69, 9.17) is 9.47 Å². The van der Waals surface area contributed by atoms with Crippen molar-refractivity contribution in [1.82, 2.24) is 0 Å². The summed E-state index contributed by atoms with van der Waals surface area (Å²) >= 11 is 0. The van der Waals surface area contributed by atoms with Gasteiger partial charge in [-0.3, -0.25) is 4.21 Å². The molecule has 0 amide bonds. The first kappa shape index (κ1) is 57.8. The molecular weight excluding hydrogens is 921 g/mol. The highest BCUT2D eigenvalue weighted by atomic mass is 32.2. The van der Waals surface area contributed by atoms with E-state index in [1.54, 1.807) is 0 Å². The molecule has 0 fully saturated rings. The molecule has 6 aromatic rings. The number of benzene rings is 6. The van der Waals surface area contributed by atoms with Crippen LogP contribution in [0.5, 0.6) is 11.5 Å². The maximum atomic E-state index is 15.6. The van der Waals surface area contributed by atoms with E-state index in [-0.39, 0.29) is 32.2 Å². The van der Waals surface area contributed by atoms with Gasteiger partial charge >= 0.3 is 0 Å². The second-order valence-electron chi connectivity index (χ2n) is 24.6. The normalized spacial score (nSPS) is 13.9. The van der Waals surface area contributed by atoms with Gasteiger partial charge in [0.1, 0.15) is 11.5 Å². The molecule has 0 bridgehead atoms. The molecule has 74 heavy (non-hydrogen) atoms. The molecule has 0 aromatic heterocycles. The molecule has 0 radical (unpaired) electrons. The zero-order chi connectivity index (χ0) is 53.7. The summed E-state index contributed by atoms with van der Waals surface area (Å²) in [4.78, 5) is 0.